The molecule has 2 aromatic carbocycles. The normalized spacial score (nSPS) is 10.2. The summed E-state index contributed by atoms with van der Waals surface area (Å²) in [6.07, 6.45) is 0. The Morgan fingerprint density at radius 2 is 2.05 bits per heavy atom. The van der Waals surface area contributed by atoms with Crippen molar-refractivity contribution in [3.8, 4) is 0 Å². The summed E-state index contributed by atoms with van der Waals surface area (Å²) in [5.74, 6) is 0. The number of benzene rings is 2. The summed E-state index contributed by atoms with van der Waals surface area (Å²) in [5.41, 5.74) is 9.82. The predicted molar refractivity (Wildman–Crippen MR) is 85.8 cm³/mol. The predicted octanol–water partition coefficient (Wildman–Crippen LogP) is 3.89. The first-order valence-electron chi connectivity index (χ1n) is 5.95. The van der Waals surface area contributed by atoms with Crippen molar-refractivity contribution in [3.63, 3.8) is 0 Å². The van der Waals surface area contributed by atoms with E-state index >= 15 is 0 Å². The molecule has 0 aliphatic carbocycles. The van der Waals surface area contributed by atoms with Gasteiger partial charge < -0.3 is 11.1 Å². The Morgan fingerprint density at radius 3 is 2.74 bits per heavy atom. The highest BCUT2D eigenvalue weighted by atomic mass is 35.5. The highest BCUT2D eigenvalue weighted by molar-refractivity contribution is 7.80. The molecule has 0 amide bonds. The van der Waals surface area contributed by atoms with Crippen molar-refractivity contribution < 1.29 is 0 Å². The van der Waals surface area contributed by atoms with Crippen molar-refractivity contribution in [3.05, 3.63) is 64.2 Å². The fourth-order valence-electron chi connectivity index (χ4n) is 1.86. The lowest BCUT2D eigenvalue weighted by Gasteiger charge is -2.12. The summed E-state index contributed by atoms with van der Waals surface area (Å²) < 4.78 is 0. The fraction of sp³-hybridized carbons (Fsp3) is 0.133. The molecule has 3 N–H and O–H groups in total. The van der Waals surface area contributed by atoms with Gasteiger partial charge in [-0.05, 0) is 42.3 Å². The Hall–Kier alpha value is -1.58. The lowest BCUT2D eigenvalue weighted by atomic mass is 10.1. The highest BCUT2D eigenvalue weighted by Crippen LogP contribution is 2.19. The Balaban J connectivity index is 2.19. The number of nitrogens with one attached hydrogen (secondary N) is 1. The van der Waals surface area contributed by atoms with Crippen LogP contribution in [-0.4, -0.2) is 4.99 Å². The zero-order valence-electron chi connectivity index (χ0n) is 10.6. The van der Waals surface area contributed by atoms with Gasteiger partial charge in [-0.1, -0.05) is 42.0 Å². The molecule has 0 radical (unpaired) electrons. The molecule has 0 saturated heterocycles. The number of thiocarbonyl (C=S) groups is 1. The molecule has 0 unspecified atom stereocenters. The van der Waals surface area contributed by atoms with Crippen LogP contribution in [-0.2, 0) is 6.54 Å². The molecule has 4 heteroatoms. The SMILES string of the molecule is Cc1ccc(C(N)=S)c(NCc2cccc(Cl)c2)c1. The van der Waals surface area contributed by atoms with Crippen LogP contribution in [0.25, 0.3) is 0 Å². The minimum absolute atomic E-state index is 0.397. The Labute approximate surface area is 123 Å². The standard InChI is InChI=1S/C15H15ClN2S/c1-10-5-6-13(15(17)19)14(7-10)18-9-11-3-2-4-12(16)8-11/h2-8,18H,9H2,1H3,(H2,17,19). The Bertz CT molecular complexity index is 611. The molecular weight excluding hydrogens is 276 g/mol. The first-order chi connectivity index (χ1) is 9.06. The van der Waals surface area contributed by atoms with E-state index in [1.807, 2.05) is 49.4 Å². The average Bonchev–Trinajstić information content (AvgIpc) is 2.36. The maximum Gasteiger partial charge on any atom is 0.106 e. The first kappa shape index (κ1) is 13.8. The molecule has 0 fully saturated rings. The molecule has 0 atom stereocenters. The molecule has 0 spiro atoms. The maximum atomic E-state index is 5.96. The highest BCUT2D eigenvalue weighted by Gasteiger charge is 2.05. The van der Waals surface area contributed by atoms with E-state index in [-0.39, 0.29) is 0 Å². The summed E-state index contributed by atoms with van der Waals surface area (Å²) in [4.78, 5) is 0.397. The van der Waals surface area contributed by atoms with Gasteiger partial charge in [-0.3, -0.25) is 0 Å². The Morgan fingerprint density at radius 1 is 1.26 bits per heavy atom. The monoisotopic (exact) mass is 290 g/mol. The molecule has 2 rings (SSSR count). The summed E-state index contributed by atoms with van der Waals surface area (Å²) >= 11 is 11.0. The van der Waals surface area contributed by atoms with Crippen molar-refractivity contribution in [1.29, 1.82) is 0 Å². The van der Waals surface area contributed by atoms with Crippen LogP contribution in [0, 0.1) is 6.92 Å². The zero-order chi connectivity index (χ0) is 13.8. The number of aryl methyl sites for hydroxylation is 1. The van der Waals surface area contributed by atoms with Crippen LogP contribution in [0.2, 0.25) is 5.02 Å². The van der Waals surface area contributed by atoms with E-state index < -0.39 is 0 Å². The van der Waals surface area contributed by atoms with Crippen LogP contribution in [0.3, 0.4) is 0 Å². The zero-order valence-corrected chi connectivity index (χ0v) is 12.2. The molecule has 0 aliphatic heterocycles. The first-order valence-corrected chi connectivity index (χ1v) is 6.73. The molecule has 2 aromatic rings. The number of halogens is 1. The second-order valence-corrected chi connectivity index (χ2v) is 5.27. The molecule has 19 heavy (non-hydrogen) atoms. The quantitative estimate of drug-likeness (QED) is 0.839. The van der Waals surface area contributed by atoms with Gasteiger partial charge >= 0.3 is 0 Å². The number of rotatable bonds is 4. The second-order valence-electron chi connectivity index (χ2n) is 4.40. The topological polar surface area (TPSA) is 38.0 Å². The lowest BCUT2D eigenvalue weighted by Crippen LogP contribution is -2.13. The van der Waals surface area contributed by atoms with E-state index in [0.717, 1.165) is 27.4 Å². The van der Waals surface area contributed by atoms with E-state index in [9.17, 15) is 0 Å². The van der Waals surface area contributed by atoms with Gasteiger partial charge in [0, 0.05) is 22.8 Å². The van der Waals surface area contributed by atoms with E-state index in [4.69, 9.17) is 29.6 Å². The van der Waals surface area contributed by atoms with Crippen LogP contribution >= 0.6 is 23.8 Å². The largest absolute Gasteiger partial charge is 0.389 e. The maximum absolute atomic E-state index is 5.96. The van der Waals surface area contributed by atoms with Crippen molar-refractivity contribution in [2.75, 3.05) is 5.32 Å². The molecular formula is C15H15ClN2S. The van der Waals surface area contributed by atoms with Gasteiger partial charge in [0.25, 0.3) is 0 Å². The number of nitrogens with two attached hydrogens (primary N) is 1. The summed E-state index contributed by atoms with van der Waals surface area (Å²) in [5, 5.41) is 4.09. The minimum Gasteiger partial charge on any atom is -0.389 e. The van der Waals surface area contributed by atoms with Gasteiger partial charge in [0.15, 0.2) is 0 Å². The van der Waals surface area contributed by atoms with E-state index in [1.165, 1.54) is 0 Å². The van der Waals surface area contributed by atoms with Crippen LogP contribution in [0.5, 0.6) is 0 Å². The van der Waals surface area contributed by atoms with Crippen LogP contribution < -0.4 is 11.1 Å². The van der Waals surface area contributed by atoms with E-state index in [0.29, 0.717) is 11.5 Å². The van der Waals surface area contributed by atoms with Crippen LogP contribution in [0.4, 0.5) is 5.69 Å². The smallest absolute Gasteiger partial charge is 0.106 e. The summed E-state index contributed by atoms with van der Waals surface area (Å²) in [6.45, 7) is 2.72. The van der Waals surface area contributed by atoms with Gasteiger partial charge in [-0.15, -0.1) is 0 Å². The van der Waals surface area contributed by atoms with Gasteiger partial charge in [0.2, 0.25) is 0 Å². The minimum atomic E-state index is 0.397. The third-order valence-electron chi connectivity index (χ3n) is 2.81. The lowest BCUT2D eigenvalue weighted by molar-refractivity contribution is 1.14. The molecule has 0 heterocycles. The van der Waals surface area contributed by atoms with Gasteiger partial charge in [-0.2, -0.15) is 0 Å². The van der Waals surface area contributed by atoms with E-state index in [2.05, 4.69) is 5.32 Å². The molecule has 0 aliphatic rings. The van der Waals surface area contributed by atoms with Crippen molar-refractivity contribution in [1.82, 2.24) is 0 Å². The summed E-state index contributed by atoms with van der Waals surface area (Å²) in [6, 6.07) is 13.7. The van der Waals surface area contributed by atoms with E-state index in [1.54, 1.807) is 0 Å². The second kappa shape index (κ2) is 6.04. The summed E-state index contributed by atoms with van der Waals surface area (Å²) in [7, 11) is 0. The fourth-order valence-corrected chi connectivity index (χ4v) is 2.25. The number of anilines is 1. The van der Waals surface area contributed by atoms with Crippen molar-refractivity contribution in [2.24, 2.45) is 5.73 Å². The van der Waals surface area contributed by atoms with Crippen LogP contribution in [0.1, 0.15) is 16.7 Å². The van der Waals surface area contributed by atoms with Gasteiger partial charge in [-0.25, -0.2) is 0 Å². The molecule has 0 saturated carbocycles. The molecule has 0 bridgehead atoms. The third kappa shape index (κ3) is 3.69. The van der Waals surface area contributed by atoms with Gasteiger partial charge in [0.05, 0.1) is 0 Å². The number of hydrogen-bond donors (Lipinski definition) is 2. The van der Waals surface area contributed by atoms with Crippen molar-refractivity contribution in [2.45, 2.75) is 13.5 Å². The van der Waals surface area contributed by atoms with Crippen LogP contribution in [0.15, 0.2) is 42.5 Å². The Kier molecular flexibility index (Phi) is 4.40. The van der Waals surface area contributed by atoms with Gasteiger partial charge in [0.1, 0.15) is 4.99 Å². The molecule has 0 aromatic heterocycles. The third-order valence-corrected chi connectivity index (χ3v) is 3.27. The molecule has 98 valence electrons. The number of hydrogen-bond acceptors (Lipinski definition) is 2. The van der Waals surface area contributed by atoms with Crippen molar-refractivity contribution >= 4 is 34.5 Å². The average molecular weight is 291 g/mol. The molecule has 2 nitrogen and oxygen atoms in total.